The summed E-state index contributed by atoms with van der Waals surface area (Å²) in [6.07, 6.45) is 2.77. The van der Waals surface area contributed by atoms with E-state index in [0.29, 0.717) is 35.9 Å². The van der Waals surface area contributed by atoms with Crippen molar-refractivity contribution in [2.75, 3.05) is 24.8 Å². The third kappa shape index (κ3) is 6.56. The quantitative estimate of drug-likeness (QED) is 0.424. The van der Waals surface area contributed by atoms with Crippen molar-refractivity contribution in [3.8, 4) is 11.5 Å². The SMILES string of the molecule is CC(CO)Oc1cc(OCCc2ccc(S(C)(=O)=O)cc2)cc(C(=O)Nc2ccn[nH]2)c1. The van der Waals surface area contributed by atoms with Gasteiger partial charge in [-0.2, -0.15) is 5.10 Å². The minimum atomic E-state index is -3.24. The first-order chi connectivity index (χ1) is 15.2. The lowest BCUT2D eigenvalue weighted by atomic mass is 10.1. The number of hydrogen-bond acceptors (Lipinski definition) is 7. The highest BCUT2D eigenvalue weighted by Crippen LogP contribution is 2.25. The number of ether oxygens (including phenoxy) is 2. The number of aromatic amines is 1. The van der Waals surface area contributed by atoms with Gasteiger partial charge in [0.05, 0.1) is 24.3 Å². The molecule has 32 heavy (non-hydrogen) atoms. The molecule has 1 amide bonds. The molecule has 0 saturated carbocycles. The van der Waals surface area contributed by atoms with Gasteiger partial charge in [0.25, 0.3) is 5.91 Å². The van der Waals surface area contributed by atoms with Crippen LogP contribution in [0.4, 0.5) is 5.82 Å². The number of hydrogen-bond donors (Lipinski definition) is 3. The number of aromatic nitrogens is 2. The third-order valence-corrected chi connectivity index (χ3v) is 5.62. The number of nitrogens with one attached hydrogen (secondary N) is 2. The van der Waals surface area contributed by atoms with E-state index in [-0.39, 0.29) is 17.4 Å². The van der Waals surface area contributed by atoms with Crippen molar-refractivity contribution in [3.63, 3.8) is 0 Å². The normalized spacial score (nSPS) is 12.2. The molecule has 2 aromatic carbocycles. The van der Waals surface area contributed by atoms with E-state index in [1.54, 1.807) is 55.5 Å². The highest BCUT2D eigenvalue weighted by Gasteiger charge is 2.13. The average molecular weight is 460 g/mol. The lowest BCUT2D eigenvalue weighted by Gasteiger charge is -2.15. The van der Waals surface area contributed by atoms with Crippen molar-refractivity contribution in [2.24, 2.45) is 0 Å². The van der Waals surface area contributed by atoms with Crippen LogP contribution in [0.3, 0.4) is 0 Å². The topological polar surface area (TPSA) is 131 Å². The van der Waals surface area contributed by atoms with E-state index in [2.05, 4.69) is 15.5 Å². The van der Waals surface area contributed by atoms with Gasteiger partial charge in [0, 0.05) is 30.4 Å². The van der Waals surface area contributed by atoms with Crippen LogP contribution in [0.1, 0.15) is 22.8 Å². The van der Waals surface area contributed by atoms with E-state index < -0.39 is 15.9 Å². The second-order valence-corrected chi connectivity index (χ2v) is 9.26. The molecule has 0 aliphatic heterocycles. The number of rotatable bonds is 10. The van der Waals surface area contributed by atoms with Crippen LogP contribution in [0.25, 0.3) is 0 Å². The number of carbonyl (C=O) groups is 1. The Bertz CT molecular complexity index is 1140. The Balaban J connectivity index is 1.71. The summed E-state index contributed by atoms with van der Waals surface area (Å²) in [5.41, 5.74) is 1.23. The summed E-state index contributed by atoms with van der Waals surface area (Å²) < 4.78 is 34.6. The fourth-order valence-electron chi connectivity index (χ4n) is 2.83. The molecule has 1 heterocycles. The molecule has 0 aliphatic rings. The van der Waals surface area contributed by atoms with Gasteiger partial charge < -0.3 is 19.9 Å². The van der Waals surface area contributed by atoms with E-state index in [0.717, 1.165) is 11.8 Å². The fourth-order valence-corrected chi connectivity index (χ4v) is 3.46. The zero-order chi connectivity index (χ0) is 23.1. The fraction of sp³-hybridized carbons (Fsp3) is 0.273. The van der Waals surface area contributed by atoms with Gasteiger partial charge in [-0.1, -0.05) is 12.1 Å². The Kier molecular flexibility index (Phi) is 7.49. The van der Waals surface area contributed by atoms with Crippen LogP contribution >= 0.6 is 0 Å². The van der Waals surface area contributed by atoms with Gasteiger partial charge in [0.1, 0.15) is 23.4 Å². The summed E-state index contributed by atoms with van der Waals surface area (Å²) in [7, 11) is -3.24. The van der Waals surface area contributed by atoms with Crippen molar-refractivity contribution in [1.82, 2.24) is 10.2 Å². The van der Waals surface area contributed by atoms with Crippen LogP contribution in [0.5, 0.6) is 11.5 Å². The van der Waals surface area contributed by atoms with Gasteiger partial charge in [-0.25, -0.2) is 8.42 Å². The molecule has 9 nitrogen and oxygen atoms in total. The molecule has 170 valence electrons. The van der Waals surface area contributed by atoms with E-state index >= 15 is 0 Å². The molecule has 3 N–H and O–H groups in total. The summed E-state index contributed by atoms with van der Waals surface area (Å²) in [6.45, 7) is 1.83. The van der Waals surface area contributed by atoms with E-state index in [1.807, 2.05) is 0 Å². The highest BCUT2D eigenvalue weighted by atomic mass is 32.2. The van der Waals surface area contributed by atoms with E-state index in [1.165, 1.54) is 6.20 Å². The Hall–Kier alpha value is -3.37. The summed E-state index contributed by atoms with van der Waals surface area (Å²) in [6, 6.07) is 13.0. The van der Waals surface area contributed by atoms with Crippen LogP contribution in [0, 0.1) is 0 Å². The predicted octanol–water partition coefficient (Wildman–Crippen LogP) is 2.45. The van der Waals surface area contributed by atoms with Crippen molar-refractivity contribution in [3.05, 3.63) is 65.9 Å². The van der Waals surface area contributed by atoms with Crippen LogP contribution < -0.4 is 14.8 Å². The molecule has 0 saturated heterocycles. The monoisotopic (exact) mass is 459 g/mol. The maximum Gasteiger partial charge on any atom is 0.257 e. The summed E-state index contributed by atoms with van der Waals surface area (Å²) >= 11 is 0. The van der Waals surface area contributed by atoms with E-state index in [9.17, 15) is 18.3 Å². The smallest absolute Gasteiger partial charge is 0.257 e. The van der Waals surface area contributed by atoms with Crippen molar-refractivity contribution < 1.29 is 27.8 Å². The molecule has 1 atom stereocenters. The second-order valence-electron chi connectivity index (χ2n) is 7.24. The molecule has 10 heteroatoms. The Morgan fingerprint density at radius 2 is 1.88 bits per heavy atom. The summed E-state index contributed by atoms with van der Waals surface area (Å²) in [4.78, 5) is 12.9. The van der Waals surface area contributed by atoms with Crippen LogP contribution in [0.15, 0.2) is 59.6 Å². The molecule has 0 bridgehead atoms. The number of aliphatic hydroxyl groups is 1. The van der Waals surface area contributed by atoms with Crippen molar-refractivity contribution in [2.45, 2.75) is 24.3 Å². The number of amides is 1. The van der Waals surface area contributed by atoms with Crippen LogP contribution in [0.2, 0.25) is 0 Å². The number of H-pyrrole nitrogens is 1. The first-order valence-corrected chi connectivity index (χ1v) is 11.8. The molecule has 0 aliphatic carbocycles. The third-order valence-electron chi connectivity index (χ3n) is 4.50. The van der Waals surface area contributed by atoms with Gasteiger partial charge in [-0.3, -0.25) is 9.89 Å². The first-order valence-electron chi connectivity index (χ1n) is 9.90. The lowest BCUT2D eigenvalue weighted by Crippen LogP contribution is -2.17. The number of benzene rings is 2. The molecule has 1 unspecified atom stereocenters. The number of sulfone groups is 1. The summed E-state index contributed by atoms with van der Waals surface area (Å²) in [5.74, 6) is 0.883. The molecule has 3 aromatic rings. The van der Waals surface area contributed by atoms with Gasteiger partial charge in [0.15, 0.2) is 9.84 Å². The van der Waals surface area contributed by atoms with Gasteiger partial charge in [-0.15, -0.1) is 0 Å². The van der Waals surface area contributed by atoms with Crippen molar-refractivity contribution >= 4 is 21.6 Å². The average Bonchev–Trinajstić information content (AvgIpc) is 3.26. The van der Waals surface area contributed by atoms with Crippen LogP contribution in [-0.2, 0) is 16.3 Å². The van der Waals surface area contributed by atoms with Crippen molar-refractivity contribution in [1.29, 1.82) is 0 Å². The minimum absolute atomic E-state index is 0.176. The van der Waals surface area contributed by atoms with Gasteiger partial charge in [0.2, 0.25) is 0 Å². The Labute approximate surface area is 186 Å². The standard InChI is InChI=1S/C22H25N3O6S/c1-15(14-26)31-19-12-17(22(27)24-21-7-9-23-25-21)11-18(13-19)30-10-8-16-3-5-20(6-4-16)32(2,28)29/h3-7,9,11-13,15,26H,8,10,14H2,1-2H3,(H2,23,24,25,27). The van der Waals surface area contributed by atoms with Gasteiger partial charge in [-0.05, 0) is 36.8 Å². The maximum absolute atomic E-state index is 12.6. The molecule has 0 fully saturated rings. The number of aliphatic hydroxyl groups excluding tert-OH is 1. The first kappa shape index (κ1) is 23.3. The molecule has 1 aromatic heterocycles. The number of anilines is 1. The van der Waals surface area contributed by atoms with E-state index in [4.69, 9.17) is 9.47 Å². The largest absolute Gasteiger partial charge is 0.493 e. The summed E-state index contributed by atoms with van der Waals surface area (Å²) in [5, 5.41) is 18.4. The van der Waals surface area contributed by atoms with Gasteiger partial charge >= 0.3 is 0 Å². The van der Waals surface area contributed by atoms with Crippen LogP contribution in [-0.4, -0.2) is 55.2 Å². The number of nitrogens with zero attached hydrogens (tertiary/aromatic N) is 1. The Morgan fingerprint density at radius 3 is 2.50 bits per heavy atom. The highest BCUT2D eigenvalue weighted by molar-refractivity contribution is 7.90. The Morgan fingerprint density at radius 1 is 1.16 bits per heavy atom. The molecule has 0 radical (unpaired) electrons. The molecule has 0 spiro atoms. The number of carbonyl (C=O) groups excluding carboxylic acids is 1. The molecule has 3 rings (SSSR count). The zero-order valence-corrected chi connectivity index (χ0v) is 18.6. The maximum atomic E-state index is 12.6. The minimum Gasteiger partial charge on any atom is -0.493 e. The predicted molar refractivity (Wildman–Crippen MR) is 119 cm³/mol. The molecular weight excluding hydrogens is 434 g/mol. The second kappa shape index (κ2) is 10.3. The molecular formula is C22H25N3O6S. The zero-order valence-electron chi connectivity index (χ0n) is 17.7. The lowest BCUT2D eigenvalue weighted by molar-refractivity contribution is 0.102.